The first-order valence-electron chi connectivity index (χ1n) is 4.36. The Bertz CT molecular complexity index is 181. The van der Waals surface area contributed by atoms with Crippen LogP contribution in [-0.2, 0) is 0 Å². The van der Waals surface area contributed by atoms with Crippen molar-refractivity contribution in [2.24, 2.45) is 22.7 Å². The monoisotopic (exact) mass is 171 g/mol. The van der Waals surface area contributed by atoms with Gasteiger partial charge in [-0.15, -0.1) is 0 Å². The highest BCUT2D eigenvalue weighted by atomic mass is 16.4. The molecule has 0 aliphatic heterocycles. The second-order valence-electron chi connectivity index (χ2n) is 3.65. The number of hydrogen-bond acceptors (Lipinski definition) is 3. The van der Waals surface area contributed by atoms with E-state index in [0.717, 1.165) is 12.5 Å². The average molecular weight is 171 g/mol. The van der Waals surface area contributed by atoms with Crippen LogP contribution in [0.5, 0.6) is 0 Å². The molecule has 1 rings (SSSR count). The molecule has 0 aromatic heterocycles. The summed E-state index contributed by atoms with van der Waals surface area (Å²) in [5.41, 5.74) is 5.42. The molecule has 4 heteroatoms. The maximum atomic E-state index is 8.37. The summed E-state index contributed by atoms with van der Waals surface area (Å²) in [4.78, 5) is 0. The van der Waals surface area contributed by atoms with Gasteiger partial charge in [0, 0.05) is 18.5 Å². The van der Waals surface area contributed by atoms with E-state index in [2.05, 4.69) is 17.4 Å². The van der Waals surface area contributed by atoms with Gasteiger partial charge in [0.05, 0.1) is 0 Å². The van der Waals surface area contributed by atoms with Crippen molar-refractivity contribution in [1.29, 1.82) is 0 Å². The maximum absolute atomic E-state index is 8.37. The summed E-state index contributed by atoms with van der Waals surface area (Å²) in [5, 5.41) is 14.7. The SMILES string of the molecule is CC(CNC1CC1C)C(N)=NO. The maximum Gasteiger partial charge on any atom is 0.143 e. The van der Waals surface area contributed by atoms with E-state index in [1.807, 2.05) is 6.92 Å². The predicted molar refractivity (Wildman–Crippen MR) is 48.1 cm³/mol. The zero-order chi connectivity index (χ0) is 9.14. The first kappa shape index (κ1) is 9.32. The van der Waals surface area contributed by atoms with Crippen molar-refractivity contribution < 1.29 is 5.21 Å². The van der Waals surface area contributed by atoms with Crippen molar-refractivity contribution >= 4 is 5.84 Å². The molecular weight excluding hydrogens is 154 g/mol. The third kappa shape index (κ3) is 2.37. The Morgan fingerprint density at radius 3 is 2.83 bits per heavy atom. The van der Waals surface area contributed by atoms with Gasteiger partial charge >= 0.3 is 0 Å². The van der Waals surface area contributed by atoms with Crippen LogP contribution in [0.25, 0.3) is 0 Å². The smallest absolute Gasteiger partial charge is 0.143 e. The summed E-state index contributed by atoms with van der Waals surface area (Å²) in [5.74, 6) is 1.21. The highest BCUT2D eigenvalue weighted by Crippen LogP contribution is 2.28. The Labute approximate surface area is 72.8 Å². The first-order valence-corrected chi connectivity index (χ1v) is 4.36. The fourth-order valence-electron chi connectivity index (χ4n) is 1.14. The number of oxime groups is 1. The molecule has 3 unspecified atom stereocenters. The average Bonchev–Trinajstić information content (AvgIpc) is 2.76. The van der Waals surface area contributed by atoms with Crippen LogP contribution in [0.15, 0.2) is 5.16 Å². The van der Waals surface area contributed by atoms with Crippen LogP contribution in [0, 0.1) is 11.8 Å². The number of hydrogen-bond donors (Lipinski definition) is 3. The first-order chi connectivity index (χ1) is 5.65. The van der Waals surface area contributed by atoms with E-state index in [0.29, 0.717) is 11.9 Å². The molecule has 0 heterocycles. The molecule has 70 valence electrons. The highest BCUT2D eigenvalue weighted by molar-refractivity contribution is 5.82. The number of rotatable bonds is 4. The topological polar surface area (TPSA) is 70.6 Å². The molecule has 0 bridgehead atoms. The van der Waals surface area contributed by atoms with Gasteiger partial charge in [-0.05, 0) is 12.3 Å². The van der Waals surface area contributed by atoms with E-state index < -0.39 is 0 Å². The molecule has 1 aliphatic rings. The molecule has 12 heavy (non-hydrogen) atoms. The third-order valence-electron chi connectivity index (χ3n) is 2.42. The van der Waals surface area contributed by atoms with Gasteiger partial charge in [-0.3, -0.25) is 0 Å². The summed E-state index contributed by atoms with van der Waals surface area (Å²) >= 11 is 0. The zero-order valence-electron chi connectivity index (χ0n) is 7.62. The normalized spacial score (nSPS) is 31.7. The van der Waals surface area contributed by atoms with Crippen molar-refractivity contribution in [2.45, 2.75) is 26.3 Å². The van der Waals surface area contributed by atoms with Gasteiger partial charge in [0.2, 0.25) is 0 Å². The van der Waals surface area contributed by atoms with E-state index in [1.54, 1.807) is 0 Å². The Kier molecular flexibility index (Phi) is 2.92. The van der Waals surface area contributed by atoms with Crippen LogP contribution in [-0.4, -0.2) is 23.6 Å². The van der Waals surface area contributed by atoms with Crippen molar-refractivity contribution in [3.05, 3.63) is 0 Å². The summed E-state index contributed by atoms with van der Waals surface area (Å²) in [6.45, 7) is 4.95. The molecule has 0 saturated heterocycles. The minimum atomic E-state index is 0.114. The van der Waals surface area contributed by atoms with Crippen LogP contribution in [0.4, 0.5) is 0 Å². The summed E-state index contributed by atoms with van der Waals surface area (Å²) in [6.07, 6.45) is 1.25. The van der Waals surface area contributed by atoms with E-state index in [-0.39, 0.29) is 5.92 Å². The summed E-state index contributed by atoms with van der Waals surface area (Å²) in [7, 11) is 0. The van der Waals surface area contributed by atoms with Crippen molar-refractivity contribution in [1.82, 2.24) is 5.32 Å². The summed E-state index contributed by atoms with van der Waals surface area (Å²) in [6, 6.07) is 0.652. The molecule has 1 fully saturated rings. The second kappa shape index (κ2) is 3.76. The number of nitrogens with zero attached hydrogens (tertiary/aromatic N) is 1. The summed E-state index contributed by atoms with van der Waals surface area (Å²) < 4.78 is 0. The van der Waals surface area contributed by atoms with Gasteiger partial charge in [0.25, 0.3) is 0 Å². The lowest BCUT2D eigenvalue weighted by atomic mass is 10.1. The molecule has 4 N–H and O–H groups in total. The van der Waals surface area contributed by atoms with Crippen molar-refractivity contribution in [3.63, 3.8) is 0 Å². The van der Waals surface area contributed by atoms with E-state index >= 15 is 0 Å². The van der Waals surface area contributed by atoms with Gasteiger partial charge in [-0.25, -0.2) is 0 Å². The number of nitrogens with one attached hydrogen (secondary N) is 1. The van der Waals surface area contributed by atoms with Crippen LogP contribution in [0.3, 0.4) is 0 Å². The lowest BCUT2D eigenvalue weighted by Gasteiger charge is -2.09. The largest absolute Gasteiger partial charge is 0.409 e. The lowest BCUT2D eigenvalue weighted by molar-refractivity contribution is 0.314. The molecule has 0 aromatic carbocycles. The number of nitrogens with two attached hydrogens (primary N) is 1. The zero-order valence-corrected chi connectivity index (χ0v) is 7.62. The molecule has 0 aromatic rings. The van der Waals surface area contributed by atoms with Crippen LogP contribution >= 0.6 is 0 Å². The van der Waals surface area contributed by atoms with Crippen LogP contribution < -0.4 is 11.1 Å². The molecule has 4 nitrogen and oxygen atoms in total. The Hall–Kier alpha value is -0.770. The Morgan fingerprint density at radius 1 is 1.83 bits per heavy atom. The predicted octanol–water partition coefficient (Wildman–Crippen LogP) is 0.367. The van der Waals surface area contributed by atoms with Gasteiger partial charge in [0.1, 0.15) is 5.84 Å². The Morgan fingerprint density at radius 2 is 2.42 bits per heavy atom. The number of amidine groups is 1. The van der Waals surface area contributed by atoms with Crippen molar-refractivity contribution in [2.75, 3.05) is 6.54 Å². The quantitative estimate of drug-likeness (QED) is 0.248. The van der Waals surface area contributed by atoms with E-state index in [1.165, 1.54) is 6.42 Å². The molecular formula is C8H17N3O. The van der Waals surface area contributed by atoms with Gasteiger partial charge in [-0.2, -0.15) is 0 Å². The van der Waals surface area contributed by atoms with Gasteiger partial charge in [0.15, 0.2) is 0 Å². The Balaban J connectivity index is 2.14. The highest BCUT2D eigenvalue weighted by Gasteiger charge is 2.32. The van der Waals surface area contributed by atoms with Crippen molar-refractivity contribution in [3.8, 4) is 0 Å². The van der Waals surface area contributed by atoms with Gasteiger partial charge in [-0.1, -0.05) is 19.0 Å². The van der Waals surface area contributed by atoms with Crippen LogP contribution in [0.2, 0.25) is 0 Å². The molecule has 0 radical (unpaired) electrons. The minimum absolute atomic E-state index is 0.114. The molecule has 1 aliphatic carbocycles. The minimum Gasteiger partial charge on any atom is -0.409 e. The second-order valence-corrected chi connectivity index (χ2v) is 3.65. The lowest BCUT2D eigenvalue weighted by Crippen LogP contribution is -2.32. The fraction of sp³-hybridized carbons (Fsp3) is 0.875. The van der Waals surface area contributed by atoms with E-state index in [4.69, 9.17) is 10.9 Å². The van der Waals surface area contributed by atoms with E-state index in [9.17, 15) is 0 Å². The molecule has 1 saturated carbocycles. The van der Waals surface area contributed by atoms with Gasteiger partial charge < -0.3 is 16.3 Å². The standard InChI is InChI=1S/C8H17N3O/c1-5-3-7(5)10-4-6(2)8(9)11-12/h5-7,10,12H,3-4H2,1-2H3,(H2,9,11). The third-order valence-corrected chi connectivity index (χ3v) is 2.42. The molecule has 0 amide bonds. The molecule has 0 spiro atoms. The fourth-order valence-corrected chi connectivity index (χ4v) is 1.14. The van der Waals surface area contributed by atoms with Crippen LogP contribution in [0.1, 0.15) is 20.3 Å². The molecule has 3 atom stereocenters.